The van der Waals surface area contributed by atoms with Gasteiger partial charge in [0.15, 0.2) is 12.2 Å². The Morgan fingerprint density at radius 3 is 0.702 bits per heavy atom. The number of aliphatic hydroxyl groups excluding tert-OH is 1. The molecule has 0 aromatic rings. The van der Waals surface area contributed by atoms with Crippen LogP contribution in [0.3, 0.4) is 0 Å². The summed E-state index contributed by atoms with van der Waals surface area (Å²) in [7, 11) is -9.88. The van der Waals surface area contributed by atoms with Crippen LogP contribution >= 0.6 is 15.6 Å². The zero-order valence-electron chi connectivity index (χ0n) is 53.9. The smallest absolute Gasteiger partial charge is 0.462 e. The molecule has 84 heavy (non-hydrogen) atoms. The van der Waals surface area contributed by atoms with Crippen LogP contribution in [0.5, 0.6) is 0 Å². The van der Waals surface area contributed by atoms with Gasteiger partial charge in [0.25, 0.3) is 0 Å². The van der Waals surface area contributed by atoms with Crippen LogP contribution in [0.2, 0.25) is 0 Å². The third-order valence-electron chi connectivity index (χ3n) is 15.1. The van der Waals surface area contributed by atoms with E-state index in [0.29, 0.717) is 25.7 Å². The standard InChI is InChI=1S/C65H126O17P2/c1-5-9-13-17-21-24-26-28-29-30-31-33-36-40-44-48-52-65(70)82-61(56-76-63(68)50-46-42-38-35-32-27-25-22-18-14-10-6-2)58-80-84(73,74)78-54-59(66)53-77-83(71,72)79-57-60(55-75-62(67)49-45-41-37-20-16-12-8-4)81-64(69)51-47-43-39-34-23-19-15-11-7-3/h59-61,66H,5-58H2,1-4H3,(H,71,72)(H,73,74)/t59-,60+,61+/m0/s1. The summed E-state index contributed by atoms with van der Waals surface area (Å²) >= 11 is 0. The second-order valence-corrected chi connectivity index (χ2v) is 26.4. The SMILES string of the molecule is CCCCCCCCCCCCCCCCCCC(=O)O[C@H](COC(=O)CCCCCCCCCCCCCC)COP(=O)(O)OC[C@@H](O)COP(=O)(O)OC[C@@H](COC(=O)CCCCCCCCC)OC(=O)CCCCCCCCCCC. The molecule has 0 saturated heterocycles. The zero-order valence-corrected chi connectivity index (χ0v) is 55.7. The average molecular weight is 1240 g/mol. The largest absolute Gasteiger partial charge is 0.472 e. The van der Waals surface area contributed by atoms with Gasteiger partial charge in [0.1, 0.15) is 19.3 Å². The molecule has 0 aromatic heterocycles. The molecule has 0 aliphatic heterocycles. The first-order valence-electron chi connectivity index (χ1n) is 34.3. The van der Waals surface area contributed by atoms with Crippen molar-refractivity contribution in [2.45, 2.75) is 354 Å². The molecule has 0 spiro atoms. The summed E-state index contributed by atoms with van der Waals surface area (Å²) in [6, 6.07) is 0. The molecule has 0 amide bonds. The highest BCUT2D eigenvalue weighted by molar-refractivity contribution is 7.47. The molecule has 5 atom stereocenters. The van der Waals surface area contributed by atoms with Gasteiger partial charge in [-0.2, -0.15) is 0 Å². The lowest BCUT2D eigenvalue weighted by Crippen LogP contribution is -2.30. The Morgan fingerprint density at radius 2 is 0.476 bits per heavy atom. The van der Waals surface area contributed by atoms with Crippen LogP contribution in [-0.4, -0.2) is 96.7 Å². The highest BCUT2D eigenvalue weighted by atomic mass is 31.2. The van der Waals surface area contributed by atoms with E-state index in [0.717, 1.165) is 103 Å². The molecule has 0 fully saturated rings. The summed E-state index contributed by atoms with van der Waals surface area (Å²) in [4.78, 5) is 72.1. The van der Waals surface area contributed by atoms with Crippen LogP contribution in [0.1, 0.15) is 336 Å². The van der Waals surface area contributed by atoms with Crippen LogP contribution in [0.25, 0.3) is 0 Å². The first-order valence-corrected chi connectivity index (χ1v) is 37.3. The number of rotatable bonds is 66. The van der Waals surface area contributed by atoms with Crippen LogP contribution in [0.15, 0.2) is 0 Å². The lowest BCUT2D eigenvalue weighted by Gasteiger charge is -2.21. The lowest BCUT2D eigenvalue weighted by molar-refractivity contribution is -0.161. The molecule has 0 aromatic carbocycles. The van der Waals surface area contributed by atoms with Crippen molar-refractivity contribution >= 4 is 39.5 Å². The zero-order chi connectivity index (χ0) is 61.9. The van der Waals surface area contributed by atoms with Crippen molar-refractivity contribution in [2.24, 2.45) is 0 Å². The minimum absolute atomic E-state index is 0.106. The van der Waals surface area contributed by atoms with E-state index in [9.17, 15) is 43.2 Å². The van der Waals surface area contributed by atoms with Crippen LogP contribution in [0, 0.1) is 0 Å². The van der Waals surface area contributed by atoms with Crippen molar-refractivity contribution in [3.63, 3.8) is 0 Å². The highest BCUT2D eigenvalue weighted by Gasteiger charge is 2.30. The first kappa shape index (κ1) is 82.1. The van der Waals surface area contributed by atoms with Gasteiger partial charge in [0, 0.05) is 25.7 Å². The van der Waals surface area contributed by atoms with E-state index < -0.39 is 97.5 Å². The van der Waals surface area contributed by atoms with Gasteiger partial charge >= 0.3 is 39.5 Å². The maximum Gasteiger partial charge on any atom is 0.472 e. The quantitative estimate of drug-likeness (QED) is 0.0222. The molecule has 0 aliphatic rings. The number of hydrogen-bond acceptors (Lipinski definition) is 15. The number of aliphatic hydroxyl groups is 1. The summed E-state index contributed by atoms with van der Waals surface area (Å²) in [6.45, 7) is 4.85. The normalized spacial score (nSPS) is 14.1. The van der Waals surface area contributed by atoms with Gasteiger partial charge in [-0.3, -0.25) is 37.3 Å². The Labute approximate surface area is 511 Å². The Balaban J connectivity index is 5.19. The number of carbonyl (C=O) groups is 4. The van der Waals surface area contributed by atoms with Crippen LogP contribution < -0.4 is 0 Å². The molecule has 0 aliphatic carbocycles. The Hall–Kier alpha value is -1.94. The number of carbonyl (C=O) groups excluding carboxylic acids is 4. The molecule has 0 rings (SSSR count). The van der Waals surface area contributed by atoms with E-state index >= 15 is 0 Å². The summed E-state index contributed by atoms with van der Waals surface area (Å²) in [5.74, 6) is -2.13. The summed E-state index contributed by atoms with van der Waals surface area (Å²) < 4.78 is 67.9. The molecule has 0 radical (unpaired) electrons. The maximum atomic E-state index is 13.0. The summed E-state index contributed by atoms with van der Waals surface area (Å²) in [6.07, 6.45) is 45.9. The predicted octanol–water partition coefficient (Wildman–Crippen LogP) is 18.3. The van der Waals surface area contributed by atoms with Crippen LogP contribution in [0.4, 0.5) is 0 Å². The van der Waals surface area contributed by atoms with Crippen molar-refractivity contribution in [1.29, 1.82) is 0 Å². The van der Waals surface area contributed by atoms with Gasteiger partial charge in [0.2, 0.25) is 0 Å². The number of phosphoric acid groups is 2. The van der Waals surface area contributed by atoms with E-state index in [4.69, 9.17) is 37.0 Å². The molecule has 17 nitrogen and oxygen atoms in total. The number of phosphoric ester groups is 2. The Kier molecular flexibility index (Phi) is 58.6. The average Bonchev–Trinajstić information content (AvgIpc) is 3.61. The number of ether oxygens (including phenoxy) is 4. The number of esters is 4. The van der Waals surface area contributed by atoms with Crippen molar-refractivity contribution in [1.82, 2.24) is 0 Å². The molecule has 3 N–H and O–H groups in total. The fourth-order valence-electron chi connectivity index (χ4n) is 9.81. The van der Waals surface area contributed by atoms with Gasteiger partial charge in [-0.1, -0.05) is 285 Å². The molecule has 0 heterocycles. The lowest BCUT2D eigenvalue weighted by atomic mass is 10.0. The molecule has 2 unspecified atom stereocenters. The molecule has 0 bridgehead atoms. The van der Waals surface area contributed by atoms with Crippen molar-refractivity contribution in [3.8, 4) is 0 Å². The summed E-state index contributed by atoms with van der Waals surface area (Å²) in [5, 5.41) is 10.5. The van der Waals surface area contributed by atoms with E-state index in [2.05, 4.69) is 27.7 Å². The fourth-order valence-corrected chi connectivity index (χ4v) is 11.4. The highest BCUT2D eigenvalue weighted by Crippen LogP contribution is 2.45. The van der Waals surface area contributed by atoms with Gasteiger partial charge in [-0.05, 0) is 25.7 Å². The Bertz CT molecular complexity index is 1620. The topological polar surface area (TPSA) is 237 Å². The fraction of sp³-hybridized carbons (Fsp3) is 0.938. The van der Waals surface area contributed by atoms with E-state index in [1.165, 1.54) is 154 Å². The van der Waals surface area contributed by atoms with Gasteiger partial charge in [0.05, 0.1) is 26.4 Å². The van der Waals surface area contributed by atoms with Gasteiger partial charge in [-0.15, -0.1) is 0 Å². The molecular weight excluding hydrogens is 1110 g/mol. The monoisotopic (exact) mass is 1240 g/mol. The van der Waals surface area contributed by atoms with Crippen molar-refractivity contribution in [3.05, 3.63) is 0 Å². The Morgan fingerprint density at radius 1 is 0.286 bits per heavy atom. The first-order chi connectivity index (χ1) is 40.7. The third kappa shape index (κ3) is 59.0. The molecule has 19 heteroatoms. The van der Waals surface area contributed by atoms with Crippen molar-refractivity contribution in [2.75, 3.05) is 39.6 Å². The van der Waals surface area contributed by atoms with E-state index in [1.807, 2.05) is 0 Å². The van der Waals surface area contributed by atoms with Crippen LogP contribution in [-0.2, 0) is 65.4 Å². The van der Waals surface area contributed by atoms with Crippen molar-refractivity contribution < 1.29 is 80.2 Å². The second-order valence-electron chi connectivity index (χ2n) is 23.5. The second kappa shape index (κ2) is 60.0. The number of hydrogen-bond donors (Lipinski definition) is 3. The molecule has 0 saturated carbocycles. The minimum atomic E-state index is -4.94. The van der Waals surface area contributed by atoms with E-state index in [1.54, 1.807) is 0 Å². The number of unbranched alkanes of at least 4 members (excludes halogenated alkanes) is 40. The molecular formula is C65H126O17P2. The van der Waals surface area contributed by atoms with Gasteiger partial charge in [-0.25, -0.2) is 9.13 Å². The maximum absolute atomic E-state index is 13.0. The van der Waals surface area contributed by atoms with Gasteiger partial charge < -0.3 is 33.8 Å². The predicted molar refractivity (Wildman–Crippen MR) is 335 cm³/mol. The minimum Gasteiger partial charge on any atom is -0.462 e. The third-order valence-corrected chi connectivity index (χ3v) is 17.0. The summed E-state index contributed by atoms with van der Waals surface area (Å²) in [5.41, 5.74) is 0. The molecule has 498 valence electrons. The van der Waals surface area contributed by atoms with E-state index in [-0.39, 0.29) is 25.7 Å².